The second kappa shape index (κ2) is 6.78. The van der Waals surface area contributed by atoms with E-state index in [0.29, 0.717) is 30.3 Å². The van der Waals surface area contributed by atoms with Gasteiger partial charge in [0.15, 0.2) is 11.5 Å². The van der Waals surface area contributed by atoms with Gasteiger partial charge in [-0.2, -0.15) is 4.31 Å². The van der Waals surface area contributed by atoms with E-state index in [4.69, 9.17) is 9.47 Å². The Morgan fingerprint density at radius 2 is 1.83 bits per heavy atom. The Balaban J connectivity index is 1.89. The predicted octanol–water partition coefficient (Wildman–Crippen LogP) is 2.81. The average Bonchev–Trinajstić information content (AvgIpc) is 2.59. The molecular formula is C17H18FNO4S. The van der Waals surface area contributed by atoms with Crippen molar-refractivity contribution in [2.24, 2.45) is 0 Å². The Morgan fingerprint density at radius 1 is 1.08 bits per heavy atom. The molecule has 3 rings (SSSR count). The smallest absolute Gasteiger partial charge is 0.243 e. The summed E-state index contributed by atoms with van der Waals surface area (Å²) >= 11 is 0. The first-order valence-corrected chi connectivity index (χ1v) is 9.09. The third-order valence-corrected chi connectivity index (χ3v) is 5.67. The lowest BCUT2D eigenvalue weighted by atomic mass is 10.2. The summed E-state index contributed by atoms with van der Waals surface area (Å²) in [6.07, 6.45) is 0. The standard InChI is InChI=1S/C17H18FNO4S/c1-2-19(12-13-4-3-5-14(18)10-13)24(20,21)15-6-7-16-17(11-15)23-9-8-22-16/h3-7,10-11H,2,8-9,12H2,1H3. The molecule has 1 aliphatic heterocycles. The van der Waals surface area contributed by atoms with Gasteiger partial charge in [-0.15, -0.1) is 0 Å². The van der Waals surface area contributed by atoms with Crippen molar-refractivity contribution in [1.29, 1.82) is 0 Å². The summed E-state index contributed by atoms with van der Waals surface area (Å²) in [7, 11) is -3.72. The summed E-state index contributed by atoms with van der Waals surface area (Å²) in [6.45, 7) is 2.95. The highest BCUT2D eigenvalue weighted by Gasteiger charge is 2.25. The molecule has 0 saturated heterocycles. The fraction of sp³-hybridized carbons (Fsp3) is 0.294. The van der Waals surface area contributed by atoms with Gasteiger partial charge in [-0.25, -0.2) is 12.8 Å². The van der Waals surface area contributed by atoms with Gasteiger partial charge in [0.1, 0.15) is 19.0 Å². The third-order valence-electron chi connectivity index (χ3n) is 3.75. The molecule has 0 aliphatic carbocycles. The molecule has 24 heavy (non-hydrogen) atoms. The van der Waals surface area contributed by atoms with E-state index in [0.717, 1.165) is 0 Å². The van der Waals surface area contributed by atoms with Gasteiger partial charge in [-0.05, 0) is 29.8 Å². The summed E-state index contributed by atoms with van der Waals surface area (Å²) in [6, 6.07) is 10.5. The van der Waals surface area contributed by atoms with Crippen molar-refractivity contribution in [1.82, 2.24) is 4.31 Å². The van der Waals surface area contributed by atoms with E-state index >= 15 is 0 Å². The van der Waals surface area contributed by atoms with Crippen molar-refractivity contribution in [2.45, 2.75) is 18.4 Å². The zero-order valence-corrected chi connectivity index (χ0v) is 14.1. The molecule has 2 aromatic rings. The van der Waals surface area contributed by atoms with Crippen molar-refractivity contribution in [3.05, 3.63) is 53.8 Å². The second-order valence-electron chi connectivity index (χ2n) is 5.37. The zero-order valence-electron chi connectivity index (χ0n) is 13.2. The van der Waals surface area contributed by atoms with Crippen LogP contribution in [0.5, 0.6) is 11.5 Å². The molecule has 5 nitrogen and oxygen atoms in total. The molecule has 0 saturated carbocycles. The lowest BCUT2D eigenvalue weighted by molar-refractivity contribution is 0.171. The first-order chi connectivity index (χ1) is 11.5. The Hall–Kier alpha value is -2.12. The van der Waals surface area contributed by atoms with Gasteiger partial charge in [0.05, 0.1) is 4.90 Å². The SMILES string of the molecule is CCN(Cc1cccc(F)c1)S(=O)(=O)c1ccc2c(c1)OCCO2. The number of sulfonamides is 1. The van der Waals surface area contributed by atoms with Gasteiger partial charge < -0.3 is 9.47 Å². The number of hydrogen-bond donors (Lipinski definition) is 0. The molecule has 0 radical (unpaired) electrons. The van der Waals surface area contributed by atoms with Crippen LogP contribution >= 0.6 is 0 Å². The summed E-state index contributed by atoms with van der Waals surface area (Å²) in [5, 5.41) is 0. The van der Waals surface area contributed by atoms with E-state index in [9.17, 15) is 12.8 Å². The van der Waals surface area contributed by atoms with Crippen molar-refractivity contribution < 1.29 is 22.3 Å². The molecule has 1 aliphatic rings. The summed E-state index contributed by atoms with van der Waals surface area (Å²) < 4.78 is 51.2. The fourth-order valence-corrected chi connectivity index (χ4v) is 3.99. The van der Waals surface area contributed by atoms with E-state index in [1.807, 2.05) is 0 Å². The predicted molar refractivity (Wildman–Crippen MR) is 87.1 cm³/mol. The fourth-order valence-electron chi connectivity index (χ4n) is 2.54. The molecule has 0 aromatic heterocycles. The molecule has 128 valence electrons. The zero-order chi connectivity index (χ0) is 17.2. The number of rotatable bonds is 5. The second-order valence-corrected chi connectivity index (χ2v) is 7.30. The highest BCUT2D eigenvalue weighted by Crippen LogP contribution is 2.33. The Bertz CT molecular complexity index is 838. The topological polar surface area (TPSA) is 55.8 Å². The van der Waals surface area contributed by atoms with Crippen molar-refractivity contribution >= 4 is 10.0 Å². The number of hydrogen-bond acceptors (Lipinski definition) is 4. The van der Waals surface area contributed by atoms with Crippen LogP contribution in [0.2, 0.25) is 0 Å². The lowest BCUT2D eigenvalue weighted by Crippen LogP contribution is -2.30. The van der Waals surface area contributed by atoms with Crippen molar-refractivity contribution in [3.63, 3.8) is 0 Å². The number of benzene rings is 2. The van der Waals surface area contributed by atoms with Gasteiger partial charge >= 0.3 is 0 Å². The van der Waals surface area contributed by atoms with Crippen LogP contribution < -0.4 is 9.47 Å². The van der Waals surface area contributed by atoms with Gasteiger partial charge in [-0.1, -0.05) is 19.1 Å². The third kappa shape index (κ3) is 3.37. The monoisotopic (exact) mass is 351 g/mol. The molecule has 0 amide bonds. The number of fused-ring (bicyclic) bond motifs is 1. The highest BCUT2D eigenvalue weighted by molar-refractivity contribution is 7.89. The maximum atomic E-state index is 13.3. The van der Waals surface area contributed by atoms with E-state index < -0.39 is 10.0 Å². The average molecular weight is 351 g/mol. The maximum absolute atomic E-state index is 13.3. The number of ether oxygens (including phenoxy) is 2. The van der Waals surface area contributed by atoms with Crippen LogP contribution in [0.3, 0.4) is 0 Å². The van der Waals surface area contributed by atoms with E-state index in [1.54, 1.807) is 25.1 Å². The summed E-state index contributed by atoms with van der Waals surface area (Å²) in [4.78, 5) is 0.130. The van der Waals surface area contributed by atoms with Crippen LogP contribution in [0.25, 0.3) is 0 Å². The van der Waals surface area contributed by atoms with Crippen LogP contribution in [0.4, 0.5) is 4.39 Å². The summed E-state index contributed by atoms with van der Waals surface area (Å²) in [5.41, 5.74) is 0.595. The minimum absolute atomic E-state index is 0.102. The van der Waals surface area contributed by atoms with Crippen LogP contribution in [0.15, 0.2) is 47.4 Å². The molecule has 0 atom stereocenters. The first kappa shape index (κ1) is 16.7. The van der Waals surface area contributed by atoms with E-state index in [1.165, 1.54) is 28.6 Å². The Kier molecular flexibility index (Phi) is 4.73. The molecule has 2 aromatic carbocycles. The van der Waals surface area contributed by atoms with Crippen LogP contribution in [0.1, 0.15) is 12.5 Å². The van der Waals surface area contributed by atoms with E-state index in [2.05, 4.69) is 0 Å². The molecule has 0 fully saturated rings. The van der Waals surface area contributed by atoms with Gasteiger partial charge in [0.25, 0.3) is 0 Å². The Morgan fingerprint density at radius 3 is 2.54 bits per heavy atom. The van der Waals surface area contributed by atoms with Crippen LogP contribution in [0, 0.1) is 5.82 Å². The molecule has 1 heterocycles. The summed E-state index contributed by atoms with van der Waals surface area (Å²) in [5.74, 6) is 0.567. The molecule has 0 bridgehead atoms. The van der Waals surface area contributed by atoms with Crippen molar-refractivity contribution in [3.8, 4) is 11.5 Å². The first-order valence-electron chi connectivity index (χ1n) is 7.65. The quantitative estimate of drug-likeness (QED) is 0.831. The molecule has 7 heteroatoms. The van der Waals surface area contributed by atoms with Crippen LogP contribution in [-0.4, -0.2) is 32.5 Å². The lowest BCUT2D eigenvalue weighted by Gasteiger charge is -2.23. The number of nitrogens with zero attached hydrogens (tertiary/aromatic N) is 1. The largest absolute Gasteiger partial charge is 0.486 e. The molecule has 0 unspecified atom stereocenters. The minimum Gasteiger partial charge on any atom is -0.486 e. The van der Waals surface area contributed by atoms with Gasteiger partial charge in [-0.3, -0.25) is 0 Å². The van der Waals surface area contributed by atoms with E-state index in [-0.39, 0.29) is 23.8 Å². The molecule has 0 N–H and O–H groups in total. The molecule has 0 spiro atoms. The molecular weight excluding hydrogens is 333 g/mol. The highest BCUT2D eigenvalue weighted by atomic mass is 32.2. The van der Waals surface area contributed by atoms with Gasteiger partial charge in [0.2, 0.25) is 10.0 Å². The van der Waals surface area contributed by atoms with Gasteiger partial charge in [0, 0.05) is 19.2 Å². The van der Waals surface area contributed by atoms with Crippen LogP contribution in [-0.2, 0) is 16.6 Å². The number of halogens is 1. The maximum Gasteiger partial charge on any atom is 0.243 e. The minimum atomic E-state index is -3.72. The normalized spacial score (nSPS) is 14.0. The van der Waals surface area contributed by atoms with Crippen molar-refractivity contribution in [2.75, 3.05) is 19.8 Å². The Labute approximate surface area is 140 Å².